The zero-order chi connectivity index (χ0) is 26.7. The van der Waals surface area contributed by atoms with Gasteiger partial charge < -0.3 is 15.4 Å². The van der Waals surface area contributed by atoms with Gasteiger partial charge in [-0.25, -0.2) is 19.2 Å². The minimum Gasteiger partial charge on any atom is -0.443 e. The Morgan fingerprint density at radius 2 is 2.13 bits per heavy atom. The van der Waals surface area contributed by atoms with Gasteiger partial charge in [-0.05, 0) is 43.9 Å². The van der Waals surface area contributed by atoms with Gasteiger partial charge in [-0.2, -0.15) is 10.2 Å². The lowest BCUT2D eigenvalue weighted by Gasteiger charge is -2.61. The van der Waals surface area contributed by atoms with Gasteiger partial charge in [0.25, 0.3) is 0 Å². The highest BCUT2D eigenvalue weighted by Gasteiger charge is 2.58. The number of carbonyl (C=O) groups is 1. The summed E-state index contributed by atoms with van der Waals surface area (Å²) in [4.78, 5) is 21.6. The number of hydrogen-bond donors (Lipinski definition) is 3. The Kier molecular flexibility index (Phi) is 5.60. The third-order valence-electron chi connectivity index (χ3n) is 8.27. The van der Waals surface area contributed by atoms with Crippen LogP contribution >= 0.6 is 0 Å². The van der Waals surface area contributed by atoms with Gasteiger partial charge in [0.1, 0.15) is 17.9 Å². The first-order valence-electron chi connectivity index (χ1n) is 13.7. The van der Waals surface area contributed by atoms with E-state index in [1.54, 1.807) is 18.5 Å². The number of fused-ring (bicyclic) bond motifs is 1. The summed E-state index contributed by atoms with van der Waals surface area (Å²) in [6.07, 6.45) is 8.83. The van der Waals surface area contributed by atoms with Gasteiger partial charge in [0.15, 0.2) is 5.82 Å². The number of halogens is 1. The Morgan fingerprint density at radius 1 is 1.28 bits per heavy atom. The lowest BCUT2D eigenvalue weighted by molar-refractivity contribution is -0.0532. The summed E-state index contributed by atoms with van der Waals surface area (Å²) in [5, 5.41) is 18.0. The molecule has 4 aromatic heterocycles. The highest BCUT2D eigenvalue weighted by molar-refractivity contribution is 5.69. The molecule has 0 saturated heterocycles. The fourth-order valence-corrected chi connectivity index (χ4v) is 6.22. The highest BCUT2D eigenvalue weighted by Crippen LogP contribution is 2.57. The van der Waals surface area contributed by atoms with E-state index in [2.05, 4.69) is 44.8 Å². The number of nitrogens with one attached hydrogen (secondary N) is 3. The predicted molar refractivity (Wildman–Crippen MR) is 141 cm³/mol. The van der Waals surface area contributed by atoms with Crippen LogP contribution in [0.3, 0.4) is 0 Å². The standard InChI is InChI=1S/C27H32FN9O2/c1-15(2)13-36-14-17(12-30-36)19-8-23-29-5-6-37(23)25(31-19)32-22-7-20(34-35-22)18-3-4-21(24(18)28)39-26(38)33-27-9-16(10-27)11-27/h5-8,12,14-16,18,21,24H,3-4,9-11,13H2,1-2H3,(H,33,38)(H2,31,32,34,35)/t16?,18-,21-,24+,27?/m0/s1. The average Bonchev–Trinajstić information content (AvgIpc) is 3.64. The summed E-state index contributed by atoms with van der Waals surface area (Å²) in [5.74, 6) is 1.84. The zero-order valence-corrected chi connectivity index (χ0v) is 22.0. The molecule has 4 fully saturated rings. The van der Waals surface area contributed by atoms with E-state index in [0.717, 1.165) is 48.6 Å². The number of rotatable bonds is 8. The Hall–Kier alpha value is -3.96. The highest BCUT2D eigenvalue weighted by atomic mass is 19.1. The van der Waals surface area contributed by atoms with Crippen LogP contribution < -0.4 is 10.6 Å². The zero-order valence-electron chi connectivity index (χ0n) is 22.0. The van der Waals surface area contributed by atoms with E-state index in [0.29, 0.717) is 36.2 Å². The van der Waals surface area contributed by atoms with E-state index in [1.165, 1.54) is 0 Å². The van der Waals surface area contributed by atoms with E-state index >= 15 is 4.39 Å². The summed E-state index contributed by atoms with van der Waals surface area (Å²) in [6, 6.07) is 3.70. The van der Waals surface area contributed by atoms with Crippen LogP contribution in [-0.2, 0) is 11.3 Å². The number of alkyl halides is 1. The number of hydrogen-bond acceptors (Lipinski definition) is 7. The van der Waals surface area contributed by atoms with Gasteiger partial charge in [0, 0.05) is 60.0 Å². The molecule has 4 aliphatic rings. The summed E-state index contributed by atoms with van der Waals surface area (Å²) >= 11 is 0. The number of carbonyl (C=O) groups excluding carboxylic acids is 1. The van der Waals surface area contributed by atoms with Crippen LogP contribution in [0.25, 0.3) is 16.9 Å². The molecule has 0 radical (unpaired) electrons. The van der Waals surface area contributed by atoms with Crippen molar-refractivity contribution in [3.8, 4) is 11.3 Å². The quantitative estimate of drug-likeness (QED) is 0.303. The lowest BCUT2D eigenvalue weighted by atomic mass is 9.50. The topological polar surface area (TPSA) is 127 Å². The number of alkyl carbamates (subject to hydrolysis) is 1. The molecule has 4 heterocycles. The van der Waals surface area contributed by atoms with E-state index in [4.69, 9.17) is 9.72 Å². The second kappa shape index (κ2) is 9.06. The van der Waals surface area contributed by atoms with Crippen molar-refractivity contribution in [3.05, 3.63) is 42.6 Å². The molecule has 4 aromatic rings. The van der Waals surface area contributed by atoms with E-state index < -0.39 is 24.3 Å². The van der Waals surface area contributed by atoms with Crippen molar-refractivity contribution >= 4 is 23.5 Å². The molecular formula is C27H32FN9O2. The number of anilines is 2. The molecule has 3 atom stereocenters. The first kappa shape index (κ1) is 24.1. The summed E-state index contributed by atoms with van der Waals surface area (Å²) in [6.45, 7) is 5.12. The molecule has 4 saturated carbocycles. The van der Waals surface area contributed by atoms with Gasteiger partial charge in [0.05, 0.1) is 11.9 Å². The third kappa shape index (κ3) is 4.41. The maximum absolute atomic E-state index is 15.4. The molecule has 1 amide bonds. The number of aromatic amines is 1. The molecule has 8 rings (SSSR count). The van der Waals surface area contributed by atoms with Crippen molar-refractivity contribution in [1.29, 1.82) is 0 Å². The molecule has 0 aromatic carbocycles. The number of ether oxygens (including phenoxy) is 1. The van der Waals surface area contributed by atoms with E-state index in [-0.39, 0.29) is 5.54 Å². The molecule has 204 valence electrons. The Labute approximate surface area is 224 Å². The molecule has 0 spiro atoms. The van der Waals surface area contributed by atoms with Gasteiger partial charge in [-0.1, -0.05) is 13.8 Å². The van der Waals surface area contributed by atoms with Crippen LogP contribution in [0.2, 0.25) is 0 Å². The Morgan fingerprint density at radius 3 is 2.90 bits per heavy atom. The maximum Gasteiger partial charge on any atom is 0.407 e. The molecule has 0 unspecified atom stereocenters. The van der Waals surface area contributed by atoms with Crippen molar-refractivity contribution in [2.24, 2.45) is 11.8 Å². The third-order valence-corrected chi connectivity index (χ3v) is 8.27. The monoisotopic (exact) mass is 533 g/mol. The Bertz CT molecular complexity index is 1510. The van der Waals surface area contributed by atoms with Crippen LogP contribution in [0.15, 0.2) is 36.9 Å². The van der Waals surface area contributed by atoms with Crippen LogP contribution in [0, 0.1) is 11.8 Å². The Balaban J connectivity index is 1.05. The number of H-pyrrole nitrogens is 1. The summed E-state index contributed by atoms with van der Waals surface area (Å²) in [7, 11) is 0. The summed E-state index contributed by atoms with van der Waals surface area (Å²) in [5.41, 5.74) is 2.92. The van der Waals surface area contributed by atoms with E-state index in [9.17, 15) is 4.79 Å². The van der Waals surface area contributed by atoms with Crippen LogP contribution in [-0.4, -0.2) is 58.3 Å². The van der Waals surface area contributed by atoms with Gasteiger partial charge in [0.2, 0.25) is 5.95 Å². The fraction of sp³-hybridized carbons (Fsp3) is 0.519. The van der Waals surface area contributed by atoms with Gasteiger partial charge in [-0.15, -0.1) is 0 Å². The second-order valence-corrected chi connectivity index (χ2v) is 11.8. The molecule has 3 N–H and O–H groups in total. The lowest BCUT2D eigenvalue weighted by Crippen LogP contribution is -2.68. The number of imidazole rings is 1. The van der Waals surface area contributed by atoms with Gasteiger partial charge in [-0.3, -0.25) is 14.2 Å². The van der Waals surface area contributed by atoms with Crippen molar-refractivity contribution in [1.82, 2.24) is 39.7 Å². The first-order chi connectivity index (χ1) is 18.8. The first-order valence-corrected chi connectivity index (χ1v) is 13.7. The number of amides is 1. The molecule has 2 bridgehead atoms. The number of aromatic nitrogens is 7. The summed E-state index contributed by atoms with van der Waals surface area (Å²) < 4.78 is 24.6. The van der Waals surface area contributed by atoms with Crippen molar-refractivity contribution < 1.29 is 13.9 Å². The minimum absolute atomic E-state index is 0.0872. The maximum atomic E-state index is 15.4. The van der Waals surface area contributed by atoms with Crippen molar-refractivity contribution in [2.45, 2.75) is 76.2 Å². The molecule has 39 heavy (non-hydrogen) atoms. The molecular weight excluding hydrogens is 501 g/mol. The van der Waals surface area contributed by atoms with Crippen LogP contribution in [0.4, 0.5) is 21.0 Å². The van der Waals surface area contributed by atoms with Crippen molar-refractivity contribution in [2.75, 3.05) is 5.32 Å². The largest absolute Gasteiger partial charge is 0.443 e. The van der Waals surface area contributed by atoms with Gasteiger partial charge >= 0.3 is 6.09 Å². The minimum atomic E-state index is -1.30. The second-order valence-electron chi connectivity index (χ2n) is 11.8. The SMILES string of the molecule is CC(C)Cn1cc(-c2cc3nccn3c(Nc3cc([C@@H]4CC[C@H](OC(=O)NC56CC(C5)C6)[C@@H]4F)[nH]n3)n2)cn1. The molecule has 12 heteroatoms. The number of nitrogens with zero attached hydrogens (tertiary/aromatic N) is 6. The normalized spacial score (nSPS) is 27.4. The smallest absolute Gasteiger partial charge is 0.407 e. The fourth-order valence-electron chi connectivity index (χ4n) is 6.22. The van der Waals surface area contributed by atoms with Crippen LogP contribution in [0.1, 0.15) is 57.6 Å². The molecule has 11 nitrogen and oxygen atoms in total. The van der Waals surface area contributed by atoms with Crippen LogP contribution in [0.5, 0.6) is 0 Å². The average molecular weight is 534 g/mol. The predicted octanol–water partition coefficient (Wildman–Crippen LogP) is 4.58. The van der Waals surface area contributed by atoms with E-state index in [1.807, 2.05) is 27.5 Å². The van der Waals surface area contributed by atoms with Crippen molar-refractivity contribution in [3.63, 3.8) is 0 Å². The molecule has 0 aliphatic heterocycles. The molecule has 4 aliphatic carbocycles.